The van der Waals surface area contributed by atoms with Gasteiger partial charge in [0.05, 0.1) is 5.69 Å². The maximum absolute atomic E-state index is 4.62. The van der Waals surface area contributed by atoms with Crippen LogP contribution in [0.15, 0.2) is 18.3 Å². The van der Waals surface area contributed by atoms with Gasteiger partial charge in [0.2, 0.25) is 0 Å². The van der Waals surface area contributed by atoms with E-state index in [2.05, 4.69) is 48.3 Å². The summed E-state index contributed by atoms with van der Waals surface area (Å²) in [4.78, 5) is 0. The number of nitrogens with zero attached hydrogens (tertiary/aromatic N) is 4. The highest BCUT2D eigenvalue weighted by molar-refractivity contribution is 5.31. The normalized spacial score (nSPS) is 12.6. The summed E-state index contributed by atoms with van der Waals surface area (Å²) in [5, 5.41) is 16.2. The predicted octanol–water partition coefficient (Wildman–Crippen LogP) is 2.46. The Morgan fingerprint density at radius 1 is 1.33 bits per heavy atom. The summed E-state index contributed by atoms with van der Waals surface area (Å²) < 4.78 is 1.89. The van der Waals surface area contributed by atoms with Gasteiger partial charge in [-0.1, -0.05) is 13.8 Å². The molecule has 0 fully saturated rings. The van der Waals surface area contributed by atoms with Crippen LogP contribution in [0.5, 0.6) is 0 Å². The molecule has 0 spiro atoms. The molecule has 5 heteroatoms. The van der Waals surface area contributed by atoms with Crippen molar-refractivity contribution in [3.63, 3.8) is 0 Å². The molecule has 0 aliphatic rings. The highest BCUT2D eigenvalue weighted by atomic mass is 15.3. The van der Waals surface area contributed by atoms with Crippen molar-refractivity contribution in [2.75, 3.05) is 13.1 Å². The van der Waals surface area contributed by atoms with E-state index in [9.17, 15) is 0 Å². The van der Waals surface area contributed by atoms with Crippen molar-refractivity contribution in [3.05, 3.63) is 35.3 Å². The molecule has 114 valence electrons. The lowest BCUT2D eigenvalue weighted by Gasteiger charge is -2.12. The fourth-order valence-corrected chi connectivity index (χ4v) is 2.55. The molecule has 2 heterocycles. The minimum atomic E-state index is 0.591. The molecule has 0 aromatic carbocycles. The van der Waals surface area contributed by atoms with Gasteiger partial charge in [0.15, 0.2) is 5.82 Å². The van der Waals surface area contributed by atoms with Gasteiger partial charge in [0.25, 0.3) is 0 Å². The van der Waals surface area contributed by atoms with Crippen molar-refractivity contribution in [1.29, 1.82) is 0 Å². The van der Waals surface area contributed by atoms with Gasteiger partial charge in [-0.2, -0.15) is 10.2 Å². The molecular formula is C16H25N5. The van der Waals surface area contributed by atoms with Gasteiger partial charge in [-0.05, 0) is 63.4 Å². The van der Waals surface area contributed by atoms with E-state index in [1.54, 1.807) is 6.20 Å². The lowest BCUT2D eigenvalue weighted by Crippen LogP contribution is -2.23. The lowest BCUT2D eigenvalue weighted by atomic mass is 9.99. The molecule has 0 bridgehead atoms. The second kappa shape index (κ2) is 7.31. The van der Waals surface area contributed by atoms with Gasteiger partial charge >= 0.3 is 0 Å². The van der Waals surface area contributed by atoms with Crippen molar-refractivity contribution in [3.8, 4) is 5.82 Å². The first-order valence-electron chi connectivity index (χ1n) is 7.67. The van der Waals surface area contributed by atoms with Crippen molar-refractivity contribution < 1.29 is 0 Å². The van der Waals surface area contributed by atoms with Gasteiger partial charge in [-0.3, -0.25) is 0 Å². The zero-order valence-electron chi connectivity index (χ0n) is 13.4. The summed E-state index contributed by atoms with van der Waals surface area (Å²) in [5.74, 6) is 1.37. The Kier molecular flexibility index (Phi) is 5.44. The Bertz CT molecular complexity index is 562. The summed E-state index contributed by atoms with van der Waals surface area (Å²) >= 11 is 0. The third-order valence-corrected chi connectivity index (χ3v) is 3.69. The minimum Gasteiger partial charge on any atom is -0.316 e. The topological polar surface area (TPSA) is 55.6 Å². The van der Waals surface area contributed by atoms with Gasteiger partial charge in [-0.15, -0.1) is 5.10 Å². The van der Waals surface area contributed by atoms with Crippen molar-refractivity contribution in [1.82, 2.24) is 25.3 Å². The van der Waals surface area contributed by atoms with E-state index in [0.717, 1.165) is 36.7 Å². The number of aryl methyl sites for hydroxylation is 1. The van der Waals surface area contributed by atoms with Gasteiger partial charge in [0.1, 0.15) is 0 Å². The Balaban J connectivity index is 2.13. The van der Waals surface area contributed by atoms with E-state index in [-0.39, 0.29) is 0 Å². The van der Waals surface area contributed by atoms with Crippen LogP contribution in [0.4, 0.5) is 0 Å². The number of nitrogens with one attached hydrogen (secondary N) is 1. The van der Waals surface area contributed by atoms with E-state index in [1.165, 1.54) is 12.0 Å². The van der Waals surface area contributed by atoms with Gasteiger partial charge in [0, 0.05) is 11.9 Å². The fourth-order valence-electron chi connectivity index (χ4n) is 2.55. The largest absolute Gasteiger partial charge is 0.316 e. The van der Waals surface area contributed by atoms with Crippen LogP contribution in [-0.4, -0.2) is 33.1 Å². The molecule has 0 saturated carbocycles. The summed E-state index contributed by atoms with van der Waals surface area (Å²) in [6.45, 7) is 10.8. The summed E-state index contributed by atoms with van der Waals surface area (Å²) in [7, 11) is 0. The SMILES string of the molecule is CCCNCC(C)Cc1c(C)nn(-c2cccnn2)c1C. The molecule has 0 radical (unpaired) electrons. The number of hydrogen-bond donors (Lipinski definition) is 1. The van der Waals surface area contributed by atoms with Gasteiger partial charge < -0.3 is 5.32 Å². The first-order valence-corrected chi connectivity index (χ1v) is 7.67. The van der Waals surface area contributed by atoms with Crippen LogP contribution in [0, 0.1) is 19.8 Å². The summed E-state index contributed by atoms with van der Waals surface area (Å²) in [6.07, 6.45) is 3.89. The number of rotatable bonds is 7. The average Bonchev–Trinajstić information content (AvgIpc) is 2.76. The predicted molar refractivity (Wildman–Crippen MR) is 84.7 cm³/mol. The fraction of sp³-hybridized carbons (Fsp3) is 0.562. The second-order valence-corrected chi connectivity index (χ2v) is 5.66. The highest BCUT2D eigenvalue weighted by Crippen LogP contribution is 2.19. The first-order chi connectivity index (χ1) is 10.1. The molecule has 5 nitrogen and oxygen atoms in total. The minimum absolute atomic E-state index is 0.591. The Morgan fingerprint density at radius 2 is 2.14 bits per heavy atom. The number of aromatic nitrogens is 4. The van der Waals surface area contributed by atoms with E-state index in [0.29, 0.717) is 5.92 Å². The number of hydrogen-bond acceptors (Lipinski definition) is 4. The molecule has 21 heavy (non-hydrogen) atoms. The van der Waals surface area contributed by atoms with E-state index < -0.39 is 0 Å². The molecule has 2 aromatic rings. The first kappa shape index (κ1) is 15.6. The highest BCUT2D eigenvalue weighted by Gasteiger charge is 2.15. The molecule has 0 saturated heterocycles. The molecule has 0 amide bonds. The van der Waals surface area contributed by atoms with Crippen LogP contribution < -0.4 is 5.32 Å². The van der Waals surface area contributed by atoms with Crippen LogP contribution >= 0.6 is 0 Å². The maximum Gasteiger partial charge on any atom is 0.175 e. The quantitative estimate of drug-likeness (QED) is 0.795. The molecule has 0 aliphatic carbocycles. The summed E-state index contributed by atoms with van der Waals surface area (Å²) in [6, 6.07) is 3.82. The zero-order chi connectivity index (χ0) is 15.2. The molecular weight excluding hydrogens is 262 g/mol. The Morgan fingerprint density at radius 3 is 2.81 bits per heavy atom. The smallest absolute Gasteiger partial charge is 0.175 e. The molecule has 2 rings (SSSR count). The second-order valence-electron chi connectivity index (χ2n) is 5.66. The lowest BCUT2D eigenvalue weighted by molar-refractivity contribution is 0.509. The van der Waals surface area contributed by atoms with Crippen molar-refractivity contribution >= 4 is 0 Å². The third-order valence-electron chi connectivity index (χ3n) is 3.69. The third kappa shape index (κ3) is 3.88. The molecule has 1 N–H and O–H groups in total. The van der Waals surface area contributed by atoms with Crippen molar-refractivity contribution in [2.24, 2.45) is 5.92 Å². The maximum atomic E-state index is 4.62. The Labute approximate surface area is 126 Å². The van der Waals surface area contributed by atoms with Crippen LogP contribution in [0.2, 0.25) is 0 Å². The average molecular weight is 287 g/mol. The van der Waals surface area contributed by atoms with Crippen LogP contribution in [0.25, 0.3) is 5.82 Å². The van der Waals surface area contributed by atoms with Crippen molar-refractivity contribution in [2.45, 2.75) is 40.5 Å². The molecule has 2 aromatic heterocycles. The van der Waals surface area contributed by atoms with Crippen LogP contribution in [-0.2, 0) is 6.42 Å². The molecule has 1 unspecified atom stereocenters. The molecule has 0 aliphatic heterocycles. The van der Waals surface area contributed by atoms with E-state index in [1.807, 2.05) is 16.8 Å². The van der Waals surface area contributed by atoms with E-state index >= 15 is 0 Å². The monoisotopic (exact) mass is 287 g/mol. The van der Waals surface area contributed by atoms with Gasteiger partial charge in [-0.25, -0.2) is 4.68 Å². The standard InChI is InChI=1S/C16H25N5/c1-5-8-17-11-12(2)10-15-13(3)20-21(14(15)4)16-7-6-9-18-19-16/h6-7,9,12,17H,5,8,10-11H2,1-4H3. The van der Waals surface area contributed by atoms with Crippen LogP contribution in [0.1, 0.15) is 37.2 Å². The van der Waals surface area contributed by atoms with Crippen LogP contribution in [0.3, 0.4) is 0 Å². The molecule has 1 atom stereocenters. The summed E-state index contributed by atoms with van der Waals surface area (Å²) in [5.41, 5.74) is 3.57. The van der Waals surface area contributed by atoms with E-state index in [4.69, 9.17) is 0 Å². The zero-order valence-corrected chi connectivity index (χ0v) is 13.4. The Hall–Kier alpha value is -1.75.